The van der Waals surface area contributed by atoms with Crippen molar-refractivity contribution in [1.82, 2.24) is 0 Å². The zero-order chi connectivity index (χ0) is 36.3. The van der Waals surface area contributed by atoms with E-state index in [0.717, 1.165) is 29.4 Å². The fourth-order valence-corrected chi connectivity index (χ4v) is 6.55. The SMILES string of the molecule is NC1=C2C(=O)C(/C=C/c3ccccc3)=C(S(=O)(=O)[O-])C=C2C=C(S(=O)(=O)[O-])/C1=N\Nc1ccc(-c2ccc(NN=C3C=CC(=O)C=C3)cc2)cc1.[Na+].[Na+]. The molecule has 0 aromatic heterocycles. The Hall–Kier alpha value is -4.26. The zero-order valence-electron chi connectivity index (χ0n) is 28.2. The number of benzene rings is 3. The molecule has 0 radical (unpaired) electrons. The van der Waals surface area contributed by atoms with Gasteiger partial charge < -0.3 is 14.8 Å². The van der Waals surface area contributed by atoms with E-state index in [1.807, 2.05) is 24.3 Å². The summed E-state index contributed by atoms with van der Waals surface area (Å²) in [5, 5.41) is 8.30. The van der Waals surface area contributed by atoms with Gasteiger partial charge in [0.25, 0.3) is 0 Å². The van der Waals surface area contributed by atoms with E-state index in [4.69, 9.17) is 5.73 Å². The van der Waals surface area contributed by atoms with Gasteiger partial charge >= 0.3 is 59.1 Å². The molecule has 3 aliphatic rings. The number of fused-ring (bicyclic) bond motifs is 1. The van der Waals surface area contributed by atoms with Crippen molar-refractivity contribution in [3.8, 4) is 11.1 Å². The molecule has 3 aromatic rings. The van der Waals surface area contributed by atoms with Gasteiger partial charge in [0.15, 0.2) is 11.6 Å². The molecule has 0 unspecified atom stereocenters. The number of nitrogens with zero attached hydrogens (tertiary/aromatic N) is 2. The molecule has 0 saturated carbocycles. The molecule has 3 aromatic carbocycles. The second kappa shape index (κ2) is 17.3. The van der Waals surface area contributed by atoms with Crippen LogP contribution < -0.4 is 75.7 Å². The minimum Gasteiger partial charge on any atom is -0.744 e. The van der Waals surface area contributed by atoms with Crippen LogP contribution in [0.2, 0.25) is 0 Å². The first-order valence-corrected chi connectivity index (χ1v) is 17.8. The number of hydrogen-bond donors (Lipinski definition) is 3. The first kappa shape index (κ1) is 41.5. The van der Waals surface area contributed by atoms with Gasteiger partial charge in [0.1, 0.15) is 25.9 Å². The largest absolute Gasteiger partial charge is 1.00 e. The molecule has 0 aliphatic heterocycles. The number of anilines is 2. The van der Waals surface area contributed by atoms with Crippen LogP contribution in [0, 0.1) is 0 Å². The summed E-state index contributed by atoms with van der Waals surface area (Å²) in [5.41, 5.74) is 13.6. The van der Waals surface area contributed by atoms with Crippen molar-refractivity contribution < 1.29 is 94.6 Å². The van der Waals surface area contributed by atoms with Crippen molar-refractivity contribution in [2.45, 2.75) is 0 Å². The number of nitrogens with one attached hydrogen (secondary N) is 2. The van der Waals surface area contributed by atoms with Gasteiger partial charge in [-0.05, 0) is 89.1 Å². The van der Waals surface area contributed by atoms with Crippen LogP contribution >= 0.6 is 0 Å². The molecule has 17 heteroatoms. The predicted octanol–water partition coefficient (Wildman–Crippen LogP) is -1.73. The smallest absolute Gasteiger partial charge is 0.744 e. The molecule has 0 fully saturated rings. The molecule has 4 N–H and O–H groups in total. The van der Waals surface area contributed by atoms with E-state index < -0.39 is 52.8 Å². The van der Waals surface area contributed by atoms with Crippen molar-refractivity contribution in [2.24, 2.45) is 15.9 Å². The quantitative estimate of drug-likeness (QED) is 0.0961. The van der Waals surface area contributed by atoms with Crippen LogP contribution in [0.4, 0.5) is 11.4 Å². The molecule has 3 aliphatic carbocycles. The number of Topliss-reactive ketones (excluding diaryl/α,β-unsaturated/α-hetero) is 1. The first-order chi connectivity index (χ1) is 24.3. The second-order valence-electron chi connectivity index (χ2n) is 11.1. The molecule has 6 rings (SSSR count). The monoisotopic (exact) mass is 765 g/mol. The Bertz CT molecular complexity index is 2460. The van der Waals surface area contributed by atoms with Crippen LogP contribution in [-0.4, -0.2) is 48.9 Å². The van der Waals surface area contributed by atoms with Crippen LogP contribution in [0.3, 0.4) is 0 Å². The fourth-order valence-electron chi connectivity index (χ4n) is 5.18. The minimum absolute atomic E-state index is 0. The van der Waals surface area contributed by atoms with E-state index >= 15 is 0 Å². The molecule has 13 nitrogen and oxygen atoms in total. The van der Waals surface area contributed by atoms with Crippen molar-refractivity contribution in [1.29, 1.82) is 0 Å². The number of carbonyl (C=O) groups is 2. The summed E-state index contributed by atoms with van der Waals surface area (Å²) in [6.45, 7) is 0. The van der Waals surface area contributed by atoms with Gasteiger partial charge in [0.2, 0.25) is 0 Å². The van der Waals surface area contributed by atoms with Crippen molar-refractivity contribution in [3.05, 3.63) is 159 Å². The maximum Gasteiger partial charge on any atom is 1.00 e. The zero-order valence-corrected chi connectivity index (χ0v) is 33.8. The summed E-state index contributed by atoms with van der Waals surface area (Å²) in [6, 6.07) is 22.7. The Morgan fingerprint density at radius 3 is 1.74 bits per heavy atom. The van der Waals surface area contributed by atoms with E-state index in [0.29, 0.717) is 22.6 Å². The van der Waals surface area contributed by atoms with Crippen LogP contribution in [0.15, 0.2) is 164 Å². The fraction of sp³-hybridized carbons (Fsp3) is 0. The summed E-state index contributed by atoms with van der Waals surface area (Å²) in [6.07, 6.45) is 10.2. The van der Waals surface area contributed by atoms with Crippen molar-refractivity contribution in [2.75, 3.05) is 10.9 Å². The maximum atomic E-state index is 13.7. The normalized spacial score (nSPS) is 16.5. The van der Waals surface area contributed by atoms with E-state index in [1.54, 1.807) is 66.7 Å². The van der Waals surface area contributed by atoms with Crippen LogP contribution in [0.1, 0.15) is 5.56 Å². The van der Waals surface area contributed by atoms with Crippen LogP contribution in [-0.2, 0) is 29.8 Å². The molecule has 0 spiro atoms. The van der Waals surface area contributed by atoms with E-state index in [-0.39, 0.29) is 76.0 Å². The average molecular weight is 766 g/mol. The molecular weight excluding hydrogens is 741 g/mol. The predicted molar refractivity (Wildman–Crippen MR) is 192 cm³/mol. The molecule has 0 amide bonds. The van der Waals surface area contributed by atoms with E-state index in [9.17, 15) is 35.5 Å². The van der Waals surface area contributed by atoms with Gasteiger partial charge in [0.05, 0.1) is 38.2 Å². The maximum absolute atomic E-state index is 13.7. The topological polar surface area (TPSA) is 223 Å². The Balaban J connectivity index is 0.00000314. The van der Waals surface area contributed by atoms with Gasteiger partial charge in [-0.3, -0.25) is 20.4 Å². The summed E-state index contributed by atoms with van der Waals surface area (Å²) < 4.78 is 73.5. The van der Waals surface area contributed by atoms with Crippen molar-refractivity contribution in [3.63, 3.8) is 0 Å². The van der Waals surface area contributed by atoms with Crippen LogP contribution in [0.5, 0.6) is 0 Å². The Morgan fingerprint density at radius 2 is 1.21 bits per heavy atom. The number of nitrogens with two attached hydrogens (primary N) is 1. The molecule has 0 heterocycles. The summed E-state index contributed by atoms with van der Waals surface area (Å²) in [4.78, 5) is 23.1. The Morgan fingerprint density at radius 1 is 0.660 bits per heavy atom. The average Bonchev–Trinajstić information content (AvgIpc) is 3.10. The molecule has 0 saturated heterocycles. The minimum atomic E-state index is -5.27. The number of hydrogen-bond acceptors (Lipinski definition) is 13. The van der Waals surface area contributed by atoms with Crippen molar-refractivity contribution >= 4 is 60.7 Å². The third kappa shape index (κ3) is 9.84. The van der Waals surface area contributed by atoms with E-state index in [1.165, 1.54) is 18.2 Å². The Kier molecular flexibility index (Phi) is 13.5. The number of hydrazone groups is 2. The molecule has 0 bridgehead atoms. The standard InChI is InChI=1S/C36H27N5O8S2.2Na/c37-34-33-25(20-31(50(44,45)46)30(36(33)43)19-6-22-4-2-1-3-5-22)21-32(51(47,48)49)35(34)41-40-27-13-9-24(10-14-27)23-7-11-26(12-8-23)38-39-28-15-17-29(42)18-16-28;;/h1-21,38,40H,37H2,(H,44,45,46)(H,47,48,49);;/q;2*+1/p-2/b19-6+,41-35+;;. The first-order valence-electron chi connectivity index (χ1n) is 14.9. The number of allylic oxidation sites excluding steroid dienone is 11. The van der Waals surface area contributed by atoms with Gasteiger partial charge in [-0.15, -0.1) is 0 Å². The number of rotatable bonds is 9. The van der Waals surface area contributed by atoms with Gasteiger partial charge in [-0.1, -0.05) is 60.7 Å². The summed E-state index contributed by atoms with van der Waals surface area (Å²) >= 11 is 0. The molecule has 53 heavy (non-hydrogen) atoms. The second-order valence-corrected chi connectivity index (χ2v) is 13.8. The Labute approximate surface area is 349 Å². The van der Waals surface area contributed by atoms with Gasteiger partial charge in [0, 0.05) is 5.57 Å². The molecule has 256 valence electrons. The summed E-state index contributed by atoms with van der Waals surface area (Å²) in [5.74, 6) is -1.09. The van der Waals surface area contributed by atoms with Gasteiger partial charge in [-0.25, -0.2) is 16.8 Å². The number of carbonyl (C=O) groups excluding carboxylic acids is 2. The third-order valence-electron chi connectivity index (χ3n) is 7.69. The summed E-state index contributed by atoms with van der Waals surface area (Å²) in [7, 11) is -10.5. The number of ketones is 2. The third-order valence-corrected chi connectivity index (χ3v) is 9.41. The van der Waals surface area contributed by atoms with E-state index in [2.05, 4.69) is 21.1 Å². The molecular formula is C36H25N5Na2O8S2. The molecule has 0 atom stereocenters. The van der Waals surface area contributed by atoms with Crippen LogP contribution in [0.25, 0.3) is 17.2 Å². The van der Waals surface area contributed by atoms with Gasteiger partial charge in [-0.2, -0.15) is 10.2 Å².